The van der Waals surface area contributed by atoms with Gasteiger partial charge in [0, 0.05) is 55.1 Å². The van der Waals surface area contributed by atoms with E-state index in [2.05, 4.69) is 44.4 Å². The van der Waals surface area contributed by atoms with Crippen LogP contribution in [0, 0.1) is 0 Å². The van der Waals surface area contributed by atoms with Crippen molar-refractivity contribution in [2.75, 3.05) is 150 Å². The average molecular weight is 1140 g/mol. The molecule has 78 heavy (non-hydrogen) atoms. The fraction of sp³-hybridized carbons (Fsp3) is 0.643. The molecule has 1 aliphatic carbocycles. The Labute approximate surface area is 462 Å². The number of carboxylic acid groups (broad SMARTS) is 1. The molecule has 0 saturated carbocycles. The Bertz CT molecular complexity index is 2580. The van der Waals surface area contributed by atoms with Crippen molar-refractivity contribution in [3.8, 4) is 11.3 Å². The van der Waals surface area contributed by atoms with Gasteiger partial charge >= 0.3 is 5.97 Å². The summed E-state index contributed by atoms with van der Waals surface area (Å²) in [6.07, 6.45) is 8.46. The number of hydrogen-bond donors (Lipinski definition) is 3. The van der Waals surface area contributed by atoms with Gasteiger partial charge < -0.3 is 57.1 Å². The maximum Gasteiger partial charge on any atom is 0.303 e. The second kappa shape index (κ2) is 34.9. The number of hydrogen-bond acceptors (Lipinski definition) is 16. The van der Waals surface area contributed by atoms with Crippen molar-refractivity contribution in [2.24, 2.45) is 0 Å². The third kappa shape index (κ3) is 23.9. The van der Waals surface area contributed by atoms with Crippen LogP contribution in [0.4, 0.5) is 5.69 Å². The minimum absolute atomic E-state index is 0.0201. The molecule has 2 heterocycles. The first-order chi connectivity index (χ1) is 37.3. The highest BCUT2D eigenvalue weighted by Crippen LogP contribution is 2.51. The van der Waals surface area contributed by atoms with Crippen LogP contribution in [0.3, 0.4) is 0 Å². The quantitative estimate of drug-likeness (QED) is 0.0297. The molecule has 3 N–H and O–H groups in total. The van der Waals surface area contributed by atoms with E-state index in [0.717, 1.165) is 35.2 Å². The Hall–Kier alpha value is -4.14. The van der Waals surface area contributed by atoms with E-state index < -0.39 is 37.4 Å². The van der Waals surface area contributed by atoms with Crippen molar-refractivity contribution in [1.82, 2.24) is 4.58 Å². The van der Waals surface area contributed by atoms with Gasteiger partial charge in [-0.05, 0) is 98.1 Å². The molecule has 4 rings (SSSR count). The van der Waals surface area contributed by atoms with E-state index in [0.29, 0.717) is 167 Å². The molecule has 0 radical (unpaired) electrons. The summed E-state index contributed by atoms with van der Waals surface area (Å²) in [5, 5.41) is 10.1. The van der Waals surface area contributed by atoms with Crippen LogP contribution in [0.1, 0.15) is 96.5 Å². The SMILES string of the molecule is CCCOCCOCCOCCOCC[N+](CCOCCOCCOCCOCCOC)=c1ccc2c(C(C)(C)C)cc(/C=C/C=C3/N(CCCCCC(=O)O)c4ccc(S(=O)(=O)O)cc4C3(C)CCCS(=O)(=O)O)oc-2c1. The molecule has 0 aromatic heterocycles. The van der Waals surface area contributed by atoms with Gasteiger partial charge in [-0.1, -0.05) is 40.2 Å². The predicted molar refractivity (Wildman–Crippen MR) is 298 cm³/mol. The highest BCUT2D eigenvalue weighted by atomic mass is 32.2. The Kier molecular flexibility index (Phi) is 29.7. The van der Waals surface area contributed by atoms with Crippen LogP contribution in [0.5, 0.6) is 0 Å². The molecule has 0 saturated heterocycles. The van der Waals surface area contributed by atoms with Gasteiger partial charge in [0.1, 0.15) is 24.7 Å². The second-order valence-corrected chi connectivity index (χ2v) is 23.0. The van der Waals surface area contributed by atoms with Gasteiger partial charge in [-0.2, -0.15) is 16.8 Å². The molecule has 22 heteroatoms. The first-order valence-corrected chi connectivity index (χ1v) is 30.1. The van der Waals surface area contributed by atoms with Crippen LogP contribution < -0.4 is 14.8 Å². The molecular weight excluding hydrogens is 1050 g/mol. The highest BCUT2D eigenvalue weighted by Gasteiger charge is 2.43. The number of aliphatic carboxylic acids is 1. The molecule has 0 bridgehead atoms. The molecule has 1 atom stereocenters. The number of fused-ring (bicyclic) bond motifs is 2. The number of benzene rings is 2. The third-order valence-corrected chi connectivity index (χ3v) is 14.5. The normalized spacial score (nSPS) is 16.1. The Morgan fingerprint density at radius 3 is 1.77 bits per heavy atom. The Morgan fingerprint density at radius 1 is 0.705 bits per heavy atom. The summed E-state index contributed by atoms with van der Waals surface area (Å²) in [6.45, 7) is 20.0. The summed E-state index contributed by atoms with van der Waals surface area (Å²) in [7, 11) is -7.30. The molecule has 0 fully saturated rings. The molecule has 1 aromatic carbocycles. The standard InChI is InChI=1S/C56H86N2O18S2/c1-7-24-68-29-32-72-37-38-73-33-30-69-25-22-57(23-26-70-31-34-74-39-40-75-36-35-71-28-27-67-6)45-16-18-48-49(55(2,3)4)43-46(76-52(48)42-45)13-11-14-53-56(5,20-12-41-77(61,62)63)50-44-47(78(64,65)66)17-19-51(50)58(53)21-10-8-9-15-54(59)60/h11,13-14,16-19,42-44H,7-10,12,15,20-41H2,1-6H3,(H2-,59,60,61,62,63,64,65,66)/p+1. The average Bonchev–Trinajstić information content (AvgIpc) is 3.79. The monoisotopic (exact) mass is 1140 g/mol. The molecule has 1 aromatic rings. The molecule has 1 unspecified atom stereocenters. The smallest absolute Gasteiger partial charge is 0.303 e. The molecule has 440 valence electrons. The van der Waals surface area contributed by atoms with Crippen molar-refractivity contribution < 1.29 is 82.9 Å². The second-order valence-electron chi connectivity index (χ2n) is 20.0. The van der Waals surface area contributed by atoms with Gasteiger partial charge in [-0.25, -0.2) is 4.58 Å². The van der Waals surface area contributed by atoms with Gasteiger partial charge in [0.05, 0.1) is 109 Å². The van der Waals surface area contributed by atoms with E-state index in [9.17, 15) is 35.8 Å². The van der Waals surface area contributed by atoms with Crippen molar-refractivity contribution in [1.29, 1.82) is 0 Å². The van der Waals surface area contributed by atoms with Crippen molar-refractivity contribution in [3.63, 3.8) is 0 Å². The molecular formula is C56H87N2O18S2+. The third-order valence-electron chi connectivity index (χ3n) is 12.8. The van der Waals surface area contributed by atoms with Crippen LogP contribution in [-0.4, -0.2) is 182 Å². The zero-order valence-corrected chi connectivity index (χ0v) is 48.4. The van der Waals surface area contributed by atoms with Crippen molar-refractivity contribution in [2.45, 2.75) is 95.3 Å². The summed E-state index contributed by atoms with van der Waals surface area (Å²) in [4.78, 5) is 13.0. The Balaban J connectivity index is 1.62. The number of carbonyl (C=O) groups is 1. The number of methoxy groups -OCH3 is 1. The summed E-state index contributed by atoms with van der Waals surface area (Å²) >= 11 is 0. The van der Waals surface area contributed by atoms with E-state index in [-0.39, 0.29) is 29.6 Å². The number of carboxylic acids is 1. The number of nitrogens with zero attached hydrogens (tertiary/aromatic N) is 2. The van der Waals surface area contributed by atoms with Gasteiger partial charge in [0.25, 0.3) is 20.2 Å². The van der Waals surface area contributed by atoms with Gasteiger partial charge in [-0.3, -0.25) is 13.9 Å². The molecule has 0 amide bonds. The first-order valence-electron chi connectivity index (χ1n) is 27.0. The van der Waals surface area contributed by atoms with Crippen LogP contribution in [-0.2, 0) is 78.5 Å². The fourth-order valence-corrected chi connectivity index (χ4v) is 9.90. The zero-order valence-electron chi connectivity index (χ0n) is 46.7. The number of ether oxygens (including phenoxy) is 9. The maximum absolute atomic E-state index is 12.4. The highest BCUT2D eigenvalue weighted by molar-refractivity contribution is 7.86. The van der Waals surface area contributed by atoms with Crippen LogP contribution >= 0.6 is 0 Å². The first kappa shape index (κ1) is 66.4. The number of anilines is 1. The van der Waals surface area contributed by atoms with Gasteiger partial charge in [0.15, 0.2) is 13.1 Å². The lowest BCUT2D eigenvalue weighted by atomic mass is 9.77. The van der Waals surface area contributed by atoms with Gasteiger partial charge in [-0.15, -0.1) is 0 Å². The minimum Gasteiger partial charge on any atom is -0.481 e. The lowest BCUT2D eigenvalue weighted by Gasteiger charge is -2.30. The Morgan fingerprint density at radius 2 is 1.26 bits per heavy atom. The van der Waals surface area contributed by atoms with Crippen LogP contribution in [0.2, 0.25) is 0 Å². The van der Waals surface area contributed by atoms with E-state index in [1.54, 1.807) is 13.2 Å². The maximum atomic E-state index is 12.4. The minimum atomic E-state index is -4.61. The summed E-state index contributed by atoms with van der Waals surface area (Å²) in [5.74, 6) is -0.206. The number of rotatable bonds is 42. The fourth-order valence-electron chi connectivity index (χ4n) is 8.88. The summed E-state index contributed by atoms with van der Waals surface area (Å²) < 4.78 is 128. The molecule has 0 spiro atoms. The molecule has 20 nitrogen and oxygen atoms in total. The largest absolute Gasteiger partial charge is 0.481 e. The summed E-state index contributed by atoms with van der Waals surface area (Å²) in [6, 6.07) is 12.5. The predicted octanol–water partition coefficient (Wildman–Crippen LogP) is 6.88. The number of unbranched alkanes of at least 4 members (excludes halogenated alkanes) is 2. The van der Waals surface area contributed by atoms with E-state index >= 15 is 0 Å². The van der Waals surface area contributed by atoms with Crippen LogP contribution in [0.15, 0.2) is 69.6 Å². The lowest BCUT2D eigenvalue weighted by Crippen LogP contribution is -2.36. The van der Waals surface area contributed by atoms with Gasteiger partial charge in [0.2, 0.25) is 5.36 Å². The van der Waals surface area contributed by atoms with Crippen molar-refractivity contribution in [3.05, 3.63) is 82.6 Å². The van der Waals surface area contributed by atoms with Crippen LogP contribution in [0.25, 0.3) is 17.4 Å². The van der Waals surface area contributed by atoms with E-state index in [4.69, 9.17) is 47.0 Å². The molecule has 2 aliphatic heterocycles. The lowest BCUT2D eigenvalue weighted by molar-refractivity contribution is -0.137. The zero-order chi connectivity index (χ0) is 56.9. The number of allylic oxidation sites excluding steroid dienone is 3. The van der Waals surface area contributed by atoms with E-state index in [1.165, 1.54) is 12.1 Å². The van der Waals surface area contributed by atoms with E-state index in [1.807, 2.05) is 42.2 Å². The molecule has 3 aliphatic rings. The summed E-state index contributed by atoms with van der Waals surface area (Å²) in [5.41, 5.74) is 2.63. The topological polar surface area (TPSA) is 248 Å². The van der Waals surface area contributed by atoms with Crippen molar-refractivity contribution >= 4 is 38.0 Å².